The first kappa shape index (κ1) is 9.80. The Morgan fingerprint density at radius 3 is 2.77 bits per heavy atom. The van der Waals surface area contributed by atoms with E-state index in [1.165, 1.54) is 0 Å². The Bertz CT molecular complexity index is 335. The molecule has 4 nitrogen and oxygen atoms in total. The van der Waals surface area contributed by atoms with E-state index >= 15 is 0 Å². The maximum absolute atomic E-state index is 10.6. The molecule has 1 N–H and O–H groups in total. The summed E-state index contributed by atoms with van der Waals surface area (Å²) in [4.78, 5) is 10.6. The van der Waals surface area contributed by atoms with E-state index in [1.807, 2.05) is 19.1 Å². The molecular weight excluding hydrogens is 170 g/mol. The maximum Gasteiger partial charge on any atom is 0.519 e. The Morgan fingerprint density at radius 1 is 1.46 bits per heavy atom. The highest BCUT2D eigenvalue weighted by atomic mass is 16.6. The second-order valence-electron chi connectivity index (χ2n) is 2.63. The first-order chi connectivity index (χ1) is 6.24. The molecule has 72 valence electrons. The van der Waals surface area contributed by atoms with Gasteiger partial charge in [0.25, 0.3) is 0 Å². The number of allylic oxidation sites excluding steroid dienone is 1. The smallest absolute Gasteiger partial charge is 0.396 e. The summed E-state index contributed by atoms with van der Waals surface area (Å²) < 4.78 is 9.48. The van der Waals surface area contributed by atoms with Crippen LogP contribution in [0.3, 0.4) is 0 Å². The van der Waals surface area contributed by atoms with Gasteiger partial charge in [0.2, 0.25) is 0 Å². The quantitative estimate of drug-likeness (QED) is 0.563. The van der Waals surface area contributed by atoms with Crippen molar-refractivity contribution in [2.24, 2.45) is 0 Å². The van der Waals surface area contributed by atoms with Crippen LogP contribution in [-0.2, 0) is 6.54 Å². The van der Waals surface area contributed by atoms with Crippen molar-refractivity contribution < 1.29 is 8.83 Å². The third-order valence-electron chi connectivity index (χ3n) is 1.62. The Kier molecular flexibility index (Phi) is 3.52. The summed E-state index contributed by atoms with van der Waals surface area (Å²) in [5.41, 5.74) is 0. The molecule has 1 aromatic heterocycles. The van der Waals surface area contributed by atoms with E-state index in [4.69, 9.17) is 8.83 Å². The molecule has 1 heterocycles. The Hall–Kier alpha value is -1.29. The van der Waals surface area contributed by atoms with Crippen molar-refractivity contribution in [2.75, 3.05) is 6.54 Å². The Labute approximate surface area is 76.2 Å². The van der Waals surface area contributed by atoms with Crippen LogP contribution in [0.4, 0.5) is 0 Å². The Balaban J connectivity index is 2.45. The molecule has 0 fully saturated rings. The van der Waals surface area contributed by atoms with Gasteiger partial charge in [0.1, 0.15) is 5.76 Å². The van der Waals surface area contributed by atoms with Crippen molar-refractivity contribution in [1.29, 1.82) is 0 Å². The molecule has 0 bridgehead atoms. The highest BCUT2D eigenvalue weighted by Crippen LogP contribution is 2.03. The SMILES string of the molecule is C/C=C\CNCc1oc(=O)oc1C. The molecule has 0 aromatic carbocycles. The lowest BCUT2D eigenvalue weighted by molar-refractivity contribution is 0.366. The second kappa shape index (κ2) is 4.67. The fraction of sp³-hybridized carbons (Fsp3) is 0.444. The van der Waals surface area contributed by atoms with Crippen molar-refractivity contribution in [2.45, 2.75) is 20.4 Å². The minimum atomic E-state index is -0.639. The van der Waals surface area contributed by atoms with E-state index < -0.39 is 5.82 Å². The molecule has 4 heteroatoms. The molecule has 1 rings (SSSR count). The maximum atomic E-state index is 10.6. The zero-order chi connectivity index (χ0) is 9.68. The largest absolute Gasteiger partial charge is 0.519 e. The molecule has 1 aromatic rings. The molecule has 0 atom stereocenters. The normalized spacial score (nSPS) is 11.2. The van der Waals surface area contributed by atoms with E-state index in [9.17, 15) is 4.79 Å². The molecule has 0 saturated carbocycles. The molecule has 0 spiro atoms. The molecule has 0 saturated heterocycles. The molecular formula is C9H13NO3. The summed E-state index contributed by atoms with van der Waals surface area (Å²) >= 11 is 0. The zero-order valence-corrected chi connectivity index (χ0v) is 7.79. The van der Waals surface area contributed by atoms with E-state index in [1.54, 1.807) is 6.92 Å². The number of aryl methyl sites for hydroxylation is 1. The number of nitrogens with one attached hydrogen (secondary N) is 1. The molecule has 0 radical (unpaired) electrons. The molecule has 0 amide bonds. The fourth-order valence-corrected chi connectivity index (χ4v) is 0.923. The van der Waals surface area contributed by atoms with Crippen LogP contribution < -0.4 is 11.1 Å². The summed E-state index contributed by atoms with van der Waals surface area (Å²) in [7, 11) is 0. The minimum absolute atomic E-state index is 0.516. The van der Waals surface area contributed by atoms with E-state index in [0.717, 1.165) is 6.54 Å². The molecule has 0 aliphatic carbocycles. The van der Waals surface area contributed by atoms with Crippen molar-refractivity contribution in [1.82, 2.24) is 5.32 Å². The highest BCUT2D eigenvalue weighted by molar-refractivity contribution is 5.00. The molecule has 0 aliphatic heterocycles. The van der Waals surface area contributed by atoms with Crippen LogP contribution in [-0.4, -0.2) is 6.54 Å². The van der Waals surface area contributed by atoms with E-state index in [-0.39, 0.29) is 0 Å². The van der Waals surface area contributed by atoms with Crippen LogP contribution in [0, 0.1) is 6.92 Å². The second-order valence-corrected chi connectivity index (χ2v) is 2.63. The van der Waals surface area contributed by atoms with Crippen LogP contribution in [0.25, 0.3) is 0 Å². The third kappa shape index (κ3) is 2.91. The van der Waals surface area contributed by atoms with Crippen molar-refractivity contribution in [3.8, 4) is 0 Å². The van der Waals surface area contributed by atoms with Crippen LogP contribution in [0.2, 0.25) is 0 Å². The van der Waals surface area contributed by atoms with Crippen LogP contribution in [0.15, 0.2) is 25.8 Å². The highest BCUT2D eigenvalue weighted by Gasteiger charge is 2.06. The van der Waals surface area contributed by atoms with Crippen molar-refractivity contribution in [3.63, 3.8) is 0 Å². The Morgan fingerprint density at radius 2 is 2.23 bits per heavy atom. The predicted octanol–water partition coefficient (Wildman–Crippen LogP) is 1.21. The van der Waals surface area contributed by atoms with Crippen LogP contribution in [0.5, 0.6) is 0 Å². The van der Waals surface area contributed by atoms with Gasteiger partial charge in [-0.3, -0.25) is 0 Å². The number of hydrogen-bond donors (Lipinski definition) is 1. The van der Waals surface area contributed by atoms with Gasteiger partial charge in [0.05, 0.1) is 6.54 Å². The topological polar surface area (TPSA) is 55.4 Å². The average Bonchev–Trinajstić information content (AvgIpc) is 2.39. The fourth-order valence-electron chi connectivity index (χ4n) is 0.923. The van der Waals surface area contributed by atoms with Gasteiger partial charge in [-0.1, -0.05) is 12.2 Å². The summed E-state index contributed by atoms with van der Waals surface area (Å²) in [5, 5.41) is 3.08. The first-order valence-corrected chi connectivity index (χ1v) is 4.15. The van der Waals surface area contributed by atoms with Crippen molar-refractivity contribution >= 4 is 0 Å². The van der Waals surface area contributed by atoms with Gasteiger partial charge in [0.15, 0.2) is 5.76 Å². The van der Waals surface area contributed by atoms with Gasteiger partial charge < -0.3 is 14.2 Å². The zero-order valence-electron chi connectivity index (χ0n) is 7.79. The van der Waals surface area contributed by atoms with E-state index in [0.29, 0.717) is 18.1 Å². The first-order valence-electron chi connectivity index (χ1n) is 4.15. The lowest BCUT2D eigenvalue weighted by Gasteiger charge is -1.96. The number of rotatable bonds is 4. The third-order valence-corrected chi connectivity index (χ3v) is 1.62. The van der Waals surface area contributed by atoms with Crippen molar-refractivity contribution in [3.05, 3.63) is 34.3 Å². The van der Waals surface area contributed by atoms with Gasteiger partial charge in [0, 0.05) is 6.54 Å². The predicted molar refractivity (Wildman–Crippen MR) is 48.5 cm³/mol. The molecule has 0 aliphatic rings. The summed E-state index contributed by atoms with van der Waals surface area (Å²) in [5.74, 6) is 0.466. The standard InChI is InChI=1S/C9H13NO3/c1-3-4-5-10-6-8-7(2)12-9(11)13-8/h3-4,10H,5-6H2,1-2H3/b4-3-. The van der Waals surface area contributed by atoms with Gasteiger partial charge in [-0.25, -0.2) is 4.79 Å². The molecule has 13 heavy (non-hydrogen) atoms. The average molecular weight is 183 g/mol. The lowest BCUT2D eigenvalue weighted by atomic mass is 10.4. The van der Waals surface area contributed by atoms with Crippen LogP contribution >= 0.6 is 0 Å². The van der Waals surface area contributed by atoms with Gasteiger partial charge >= 0.3 is 5.82 Å². The lowest BCUT2D eigenvalue weighted by Crippen LogP contribution is -2.12. The van der Waals surface area contributed by atoms with Gasteiger partial charge in [-0.2, -0.15) is 0 Å². The summed E-state index contributed by atoms with van der Waals surface area (Å²) in [6, 6.07) is 0. The van der Waals surface area contributed by atoms with E-state index in [2.05, 4.69) is 5.32 Å². The van der Waals surface area contributed by atoms with Crippen LogP contribution in [0.1, 0.15) is 18.4 Å². The summed E-state index contributed by atoms with van der Waals surface area (Å²) in [6.07, 6.45) is 3.93. The number of hydrogen-bond acceptors (Lipinski definition) is 4. The summed E-state index contributed by atoms with van der Waals surface area (Å²) in [6.45, 7) is 4.93. The van der Waals surface area contributed by atoms with Gasteiger partial charge in [-0.05, 0) is 13.8 Å². The van der Waals surface area contributed by atoms with Gasteiger partial charge in [-0.15, -0.1) is 0 Å². The monoisotopic (exact) mass is 183 g/mol. The molecule has 0 unspecified atom stereocenters. The minimum Gasteiger partial charge on any atom is -0.396 e.